The van der Waals surface area contributed by atoms with Crippen LogP contribution in [0, 0.1) is 0 Å². The molecule has 2 rings (SSSR count). The summed E-state index contributed by atoms with van der Waals surface area (Å²) in [5.41, 5.74) is 5.53. The maximum atomic E-state index is 5.53. The fourth-order valence-electron chi connectivity index (χ4n) is 2.41. The van der Waals surface area contributed by atoms with Crippen LogP contribution in [0.4, 0.5) is 0 Å². The van der Waals surface area contributed by atoms with E-state index in [1.807, 2.05) is 0 Å². The van der Waals surface area contributed by atoms with E-state index in [-0.39, 0.29) is 0 Å². The van der Waals surface area contributed by atoms with Crippen LogP contribution in [0.25, 0.3) is 0 Å². The summed E-state index contributed by atoms with van der Waals surface area (Å²) >= 11 is 0. The van der Waals surface area contributed by atoms with E-state index in [1.54, 1.807) is 0 Å². The van der Waals surface area contributed by atoms with E-state index < -0.39 is 0 Å². The molecule has 70 valence electrons. The Balaban J connectivity index is 1.78. The van der Waals surface area contributed by atoms with E-state index in [0.717, 1.165) is 18.6 Å². The summed E-state index contributed by atoms with van der Waals surface area (Å²) in [5.74, 6) is 0. The molecule has 2 fully saturated rings. The van der Waals surface area contributed by atoms with E-state index in [4.69, 9.17) is 5.73 Å². The van der Waals surface area contributed by atoms with Crippen molar-refractivity contribution in [2.75, 3.05) is 13.1 Å². The van der Waals surface area contributed by atoms with E-state index >= 15 is 0 Å². The first-order valence-electron chi connectivity index (χ1n) is 5.37. The van der Waals surface area contributed by atoms with Crippen LogP contribution in [-0.2, 0) is 0 Å². The predicted octanol–water partition coefficient (Wildman–Crippen LogP) is 1.35. The van der Waals surface area contributed by atoms with Crippen molar-refractivity contribution in [3.63, 3.8) is 0 Å². The van der Waals surface area contributed by atoms with Gasteiger partial charge in [0.2, 0.25) is 0 Å². The van der Waals surface area contributed by atoms with Gasteiger partial charge in [0.15, 0.2) is 0 Å². The second-order valence-electron chi connectivity index (χ2n) is 4.20. The highest BCUT2D eigenvalue weighted by Gasteiger charge is 2.35. The second kappa shape index (κ2) is 3.75. The first-order chi connectivity index (χ1) is 5.92. The number of hydrogen-bond acceptors (Lipinski definition) is 2. The van der Waals surface area contributed by atoms with Gasteiger partial charge in [-0.1, -0.05) is 0 Å². The molecule has 1 saturated carbocycles. The Hall–Kier alpha value is -0.0800. The molecular weight excluding hydrogens is 148 g/mol. The van der Waals surface area contributed by atoms with Crippen molar-refractivity contribution in [2.45, 2.75) is 50.6 Å². The predicted molar refractivity (Wildman–Crippen MR) is 51.0 cm³/mol. The molecule has 0 spiro atoms. The first kappa shape index (κ1) is 8.52. The lowest BCUT2D eigenvalue weighted by Crippen LogP contribution is -2.31. The summed E-state index contributed by atoms with van der Waals surface area (Å²) in [4.78, 5) is 2.73. The van der Waals surface area contributed by atoms with Crippen LogP contribution in [-0.4, -0.2) is 30.1 Å². The van der Waals surface area contributed by atoms with Crippen molar-refractivity contribution in [3.8, 4) is 0 Å². The van der Waals surface area contributed by atoms with Gasteiger partial charge < -0.3 is 5.73 Å². The Labute approximate surface area is 75.1 Å². The van der Waals surface area contributed by atoms with Crippen molar-refractivity contribution in [1.82, 2.24) is 4.90 Å². The molecular formula is C10H20N2. The van der Waals surface area contributed by atoms with Crippen LogP contribution in [0.1, 0.15) is 38.5 Å². The van der Waals surface area contributed by atoms with Crippen LogP contribution in [0.15, 0.2) is 0 Å². The van der Waals surface area contributed by atoms with Gasteiger partial charge in [0.25, 0.3) is 0 Å². The van der Waals surface area contributed by atoms with Gasteiger partial charge in [-0.3, -0.25) is 4.90 Å². The smallest absolute Gasteiger partial charge is 0.00993 e. The molecule has 1 aliphatic carbocycles. The highest BCUT2D eigenvalue weighted by Crippen LogP contribution is 2.34. The maximum absolute atomic E-state index is 5.53. The lowest BCUT2D eigenvalue weighted by molar-refractivity contribution is 0.231. The van der Waals surface area contributed by atoms with Gasteiger partial charge >= 0.3 is 0 Å². The second-order valence-corrected chi connectivity index (χ2v) is 4.20. The molecule has 12 heavy (non-hydrogen) atoms. The fraction of sp³-hybridized carbons (Fsp3) is 1.00. The molecule has 0 radical (unpaired) electrons. The lowest BCUT2D eigenvalue weighted by atomic mass is 10.1. The monoisotopic (exact) mass is 168 g/mol. The molecule has 2 heteroatoms. The third-order valence-corrected chi connectivity index (χ3v) is 3.18. The zero-order valence-electron chi connectivity index (χ0n) is 7.84. The van der Waals surface area contributed by atoms with E-state index in [2.05, 4.69) is 4.90 Å². The van der Waals surface area contributed by atoms with Crippen molar-refractivity contribution >= 4 is 0 Å². The molecule has 1 saturated heterocycles. The first-order valence-corrected chi connectivity index (χ1v) is 5.37. The SMILES string of the molecule is NCCCC1CCCN1C1CC1. The Bertz CT molecular complexity index is 143. The molecule has 2 aliphatic rings. The van der Waals surface area contributed by atoms with Crippen LogP contribution < -0.4 is 5.73 Å². The van der Waals surface area contributed by atoms with Gasteiger partial charge in [-0.2, -0.15) is 0 Å². The molecule has 0 bridgehead atoms. The number of hydrogen-bond donors (Lipinski definition) is 1. The summed E-state index contributed by atoms with van der Waals surface area (Å²) in [6.45, 7) is 2.23. The third-order valence-electron chi connectivity index (χ3n) is 3.18. The molecule has 2 N–H and O–H groups in total. The largest absolute Gasteiger partial charge is 0.330 e. The van der Waals surface area contributed by atoms with Crippen LogP contribution >= 0.6 is 0 Å². The summed E-state index contributed by atoms with van der Waals surface area (Å²) in [7, 11) is 0. The topological polar surface area (TPSA) is 29.3 Å². The van der Waals surface area contributed by atoms with Crippen LogP contribution in [0.3, 0.4) is 0 Å². The van der Waals surface area contributed by atoms with E-state index in [9.17, 15) is 0 Å². The lowest BCUT2D eigenvalue weighted by Gasteiger charge is -2.23. The zero-order chi connectivity index (χ0) is 8.39. The highest BCUT2D eigenvalue weighted by molar-refractivity contribution is 4.91. The van der Waals surface area contributed by atoms with E-state index in [0.29, 0.717) is 0 Å². The van der Waals surface area contributed by atoms with Crippen molar-refractivity contribution in [1.29, 1.82) is 0 Å². The summed E-state index contributed by atoms with van der Waals surface area (Å²) in [5, 5.41) is 0. The molecule has 0 aromatic carbocycles. The average molecular weight is 168 g/mol. The van der Waals surface area contributed by atoms with Crippen molar-refractivity contribution in [3.05, 3.63) is 0 Å². The highest BCUT2D eigenvalue weighted by atomic mass is 15.2. The normalized spacial score (nSPS) is 31.2. The maximum Gasteiger partial charge on any atom is 0.00993 e. The van der Waals surface area contributed by atoms with E-state index in [1.165, 1.54) is 45.1 Å². The number of likely N-dealkylation sites (tertiary alicyclic amines) is 1. The molecule has 1 unspecified atom stereocenters. The van der Waals surface area contributed by atoms with Gasteiger partial charge in [0.1, 0.15) is 0 Å². The fourth-order valence-corrected chi connectivity index (χ4v) is 2.41. The minimum atomic E-state index is 0.870. The Morgan fingerprint density at radius 3 is 2.75 bits per heavy atom. The number of nitrogens with two attached hydrogens (primary N) is 1. The minimum Gasteiger partial charge on any atom is -0.330 e. The minimum absolute atomic E-state index is 0.870. The molecule has 1 aliphatic heterocycles. The van der Waals surface area contributed by atoms with Gasteiger partial charge in [-0.25, -0.2) is 0 Å². The average Bonchev–Trinajstić information content (AvgIpc) is 2.83. The molecule has 2 nitrogen and oxygen atoms in total. The van der Waals surface area contributed by atoms with Gasteiger partial charge in [-0.15, -0.1) is 0 Å². The van der Waals surface area contributed by atoms with Crippen LogP contribution in [0.5, 0.6) is 0 Å². The Morgan fingerprint density at radius 2 is 2.08 bits per heavy atom. The zero-order valence-corrected chi connectivity index (χ0v) is 7.84. The van der Waals surface area contributed by atoms with Gasteiger partial charge in [0, 0.05) is 12.1 Å². The van der Waals surface area contributed by atoms with Gasteiger partial charge in [0.05, 0.1) is 0 Å². The van der Waals surface area contributed by atoms with Crippen LogP contribution in [0.2, 0.25) is 0 Å². The summed E-state index contributed by atoms with van der Waals surface area (Å²) < 4.78 is 0. The Kier molecular flexibility index (Phi) is 2.66. The summed E-state index contributed by atoms with van der Waals surface area (Å²) in [6, 6.07) is 1.86. The van der Waals surface area contributed by atoms with Crippen molar-refractivity contribution < 1.29 is 0 Å². The standard InChI is InChI=1S/C10H20N2/c11-7-1-3-9-4-2-8-12(9)10-5-6-10/h9-10H,1-8,11H2. The molecule has 1 atom stereocenters. The number of rotatable bonds is 4. The van der Waals surface area contributed by atoms with Gasteiger partial charge in [-0.05, 0) is 51.6 Å². The molecule has 1 heterocycles. The molecule has 0 amide bonds. The summed E-state index contributed by atoms with van der Waals surface area (Å²) in [6.07, 6.45) is 8.32. The quantitative estimate of drug-likeness (QED) is 0.686. The number of nitrogens with zero attached hydrogens (tertiary/aromatic N) is 1. The van der Waals surface area contributed by atoms with Crippen molar-refractivity contribution in [2.24, 2.45) is 5.73 Å². The molecule has 0 aromatic rings. The Morgan fingerprint density at radius 1 is 1.25 bits per heavy atom. The third kappa shape index (κ3) is 1.80. The molecule has 0 aromatic heterocycles.